The molecular weight excluding hydrogens is 528 g/mol. The van der Waals surface area contributed by atoms with Crippen LogP contribution in [-0.4, -0.2) is 43.0 Å². The number of fused-ring (bicyclic) bond motifs is 1. The largest absolute Gasteiger partial charge is 0.483 e. The van der Waals surface area contributed by atoms with E-state index in [0.29, 0.717) is 39.0 Å². The quantitative estimate of drug-likeness (QED) is 0.114. The molecular formula is C30H28N4O5S. The van der Waals surface area contributed by atoms with Gasteiger partial charge in [0.1, 0.15) is 18.1 Å². The van der Waals surface area contributed by atoms with Crippen molar-refractivity contribution < 1.29 is 23.8 Å². The van der Waals surface area contributed by atoms with Crippen LogP contribution in [0.5, 0.6) is 11.5 Å². The van der Waals surface area contributed by atoms with Crippen LogP contribution in [0.4, 0.5) is 0 Å². The minimum atomic E-state index is -0.627. The van der Waals surface area contributed by atoms with E-state index in [0.717, 1.165) is 10.8 Å². The number of rotatable bonds is 10. The second-order valence-corrected chi connectivity index (χ2v) is 9.01. The van der Waals surface area contributed by atoms with Crippen LogP contribution in [-0.2, 0) is 14.3 Å². The van der Waals surface area contributed by atoms with E-state index in [1.807, 2.05) is 36.4 Å². The van der Waals surface area contributed by atoms with Crippen LogP contribution in [0.2, 0.25) is 0 Å². The lowest BCUT2D eigenvalue weighted by atomic mass is 9.95. The Hall–Kier alpha value is -4.88. The van der Waals surface area contributed by atoms with E-state index < -0.39 is 17.9 Å². The van der Waals surface area contributed by atoms with Crippen LogP contribution in [0.15, 0.2) is 77.0 Å². The normalized spacial score (nSPS) is 14.7. The van der Waals surface area contributed by atoms with E-state index in [1.165, 1.54) is 6.21 Å². The number of allylic oxidation sites excluding steroid dienone is 1. The van der Waals surface area contributed by atoms with Gasteiger partial charge < -0.3 is 24.8 Å². The van der Waals surface area contributed by atoms with Gasteiger partial charge in [0.15, 0.2) is 11.7 Å². The minimum absolute atomic E-state index is 0.0992. The first-order valence-corrected chi connectivity index (χ1v) is 12.9. The number of nitrogens with zero attached hydrogens (tertiary/aromatic N) is 1. The molecule has 10 heteroatoms. The van der Waals surface area contributed by atoms with Gasteiger partial charge in [0, 0.05) is 16.8 Å². The van der Waals surface area contributed by atoms with Crippen molar-refractivity contribution in [2.75, 3.05) is 19.8 Å². The van der Waals surface area contributed by atoms with Crippen LogP contribution in [0.25, 0.3) is 10.8 Å². The second-order valence-electron chi connectivity index (χ2n) is 8.60. The molecule has 0 bridgehead atoms. The number of ether oxygens (including phenoxy) is 3. The Kier molecular flexibility index (Phi) is 9.33. The third kappa shape index (κ3) is 6.57. The van der Waals surface area contributed by atoms with Crippen LogP contribution in [0, 0.1) is 12.3 Å². The molecule has 1 atom stereocenters. The smallest absolute Gasteiger partial charge is 0.338 e. The van der Waals surface area contributed by atoms with Gasteiger partial charge in [-0.15, -0.1) is 6.42 Å². The van der Waals surface area contributed by atoms with Crippen molar-refractivity contribution in [3.8, 4) is 23.8 Å². The highest BCUT2D eigenvalue weighted by atomic mass is 32.1. The van der Waals surface area contributed by atoms with Gasteiger partial charge in [-0.2, -0.15) is 5.10 Å². The molecule has 0 aromatic heterocycles. The zero-order valence-corrected chi connectivity index (χ0v) is 22.8. The molecule has 0 fully saturated rings. The van der Waals surface area contributed by atoms with Crippen molar-refractivity contribution in [2.45, 2.75) is 19.9 Å². The fraction of sp³-hybridized carbons (Fsp3) is 0.200. The Bertz CT molecular complexity index is 1540. The maximum absolute atomic E-state index is 12.7. The average Bonchev–Trinajstić information content (AvgIpc) is 2.95. The minimum Gasteiger partial charge on any atom is -0.483 e. The van der Waals surface area contributed by atoms with Crippen molar-refractivity contribution in [3.05, 3.63) is 83.1 Å². The molecule has 204 valence electrons. The maximum atomic E-state index is 12.7. The number of nitrogens with one attached hydrogen (secondary N) is 3. The van der Waals surface area contributed by atoms with Crippen LogP contribution in [0.1, 0.15) is 31.0 Å². The third-order valence-corrected chi connectivity index (χ3v) is 6.20. The maximum Gasteiger partial charge on any atom is 0.338 e. The van der Waals surface area contributed by atoms with Crippen LogP contribution < -0.4 is 25.5 Å². The Labute approximate surface area is 237 Å². The third-order valence-electron chi connectivity index (χ3n) is 5.98. The number of terminal acetylenes is 1. The summed E-state index contributed by atoms with van der Waals surface area (Å²) in [7, 11) is 0. The van der Waals surface area contributed by atoms with Gasteiger partial charge in [-0.25, -0.2) is 10.2 Å². The van der Waals surface area contributed by atoms with Crippen molar-refractivity contribution >= 4 is 46.2 Å². The molecule has 1 aliphatic rings. The number of benzene rings is 3. The van der Waals surface area contributed by atoms with Gasteiger partial charge in [0.25, 0.3) is 5.91 Å². The molecule has 1 amide bonds. The first-order valence-electron chi connectivity index (χ1n) is 12.5. The van der Waals surface area contributed by atoms with E-state index >= 15 is 0 Å². The lowest BCUT2D eigenvalue weighted by Gasteiger charge is -2.30. The summed E-state index contributed by atoms with van der Waals surface area (Å²) in [6.45, 7) is 3.49. The summed E-state index contributed by atoms with van der Waals surface area (Å²) in [5, 5.41) is 12.4. The first-order chi connectivity index (χ1) is 19.4. The Morgan fingerprint density at radius 1 is 1.10 bits per heavy atom. The molecule has 9 nitrogen and oxygen atoms in total. The van der Waals surface area contributed by atoms with E-state index in [1.54, 1.807) is 38.1 Å². The lowest BCUT2D eigenvalue weighted by molar-refractivity contribution is -0.139. The highest BCUT2D eigenvalue weighted by Gasteiger charge is 2.32. The predicted octanol–water partition coefficient (Wildman–Crippen LogP) is 3.74. The van der Waals surface area contributed by atoms with Crippen molar-refractivity contribution in [1.29, 1.82) is 0 Å². The molecule has 1 heterocycles. The zero-order chi connectivity index (χ0) is 28.5. The standard InChI is InChI=1S/C30H28N4O5S/c1-4-16-38-25-15-14-20-10-6-7-11-21(20)23(25)17-31-34-26(35)18-39-24-13-9-8-12-22(24)28-27(29(36)37-5-2)19(3)32-30(40)33-28/h1,6-15,17,28H,5,16,18H2,2-3H3,(H,34,35)(H2,32,33,40)/t28-/m1/s1. The zero-order valence-electron chi connectivity index (χ0n) is 22.0. The average molecular weight is 557 g/mol. The summed E-state index contributed by atoms with van der Waals surface area (Å²) < 4.78 is 16.8. The molecule has 0 unspecified atom stereocenters. The first kappa shape index (κ1) is 28.1. The molecule has 0 spiro atoms. The van der Waals surface area contributed by atoms with Crippen LogP contribution >= 0.6 is 12.2 Å². The lowest BCUT2D eigenvalue weighted by Crippen LogP contribution is -2.45. The van der Waals surface area contributed by atoms with E-state index in [9.17, 15) is 9.59 Å². The van der Waals surface area contributed by atoms with Crippen LogP contribution in [0.3, 0.4) is 0 Å². The Morgan fingerprint density at radius 2 is 1.88 bits per heavy atom. The number of para-hydroxylation sites is 1. The summed E-state index contributed by atoms with van der Waals surface area (Å²) >= 11 is 5.32. The number of amides is 1. The number of thiocarbonyl (C=S) groups is 1. The molecule has 3 aromatic rings. The molecule has 0 saturated carbocycles. The number of carbonyl (C=O) groups excluding carboxylic acids is 2. The molecule has 40 heavy (non-hydrogen) atoms. The van der Waals surface area contributed by atoms with Gasteiger partial charge >= 0.3 is 5.97 Å². The summed E-state index contributed by atoms with van der Waals surface area (Å²) in [5.74, 6) is 2.44. The van der Waals surface area contributed by atoms with Crippen molar-refractivity contribution in [2.24, 2.45) is 5.10 Å². The van der Waals surface area contributed by atoms with Gasteiger partial charge in [-0.3, -0.25) is 4.79 Å². The van der Waals surface area contributed by atoms with Gasteiger partial charge in [-0.1, -0.05) is 54.5 Å². The highest BCUT2D eigenvalue weighted by molar-refractivity contribution is 7.80. The summed E-state index contributed by atoms with van der Waals surface area (Å²) in [6.07, 6.45) is 6.86. The molecule has 3 aromatic carbocycles. The fourth-order valence-corrected chi connectivity index (χ4v) is 4.53. The summed E-state index contributed by atoms with van der Waals surface area (Å²) in [4.78, 5) is 25.4. The molecule has 0 saturated heterocycles. The molecule has 0 radical (unpaired) electrons. The Balaban J connectivity index is 1.49. The van der Waals surface area contributed by atoms with Gasteiger partial charge in [0.05, 0.1) is 24.4 Å². The van der Waals surface area contributed by atoms with E-state index in [4.69, 9.17) is 32.9 Å². The Morgan fingerprint density at radius 3 is 2.67 bits per heavy atom. The second kappa shape index (κ2) is 13.3. The summed E-state index contributed by atoms with van der Waals surface area (Å²) in [5.41, 5.74) is 4.74. The van der Waals surface area contributed by atoms with E-state index in [-0.39, 0.29) is 19.8 Å². The van der Waals surface area contributed by atoms with Crippen molar-refractivity contribution in [1.82, 2.24) is 16.1 Å². The van der Waals surface area contributed by atoms with Crippen molar-refractivity contribution in [3.63, 3.8) is 0 Å². The topological polar surface area (TPSA) is 110 Å². The predicted molar refractivity (Wildman–Crippen MR) is 157 cm³/mol. The molecule has 3 N–H and O–H groups in total. The number of carbonyl (C=O) groups is 2. The fourth-order valence-electron chi connectivity index (χ4n) is 4.26. The monoisotopic (exact) mass is 556 g/mol. The molecule has 0 aliphatic carbocycles. The summed E-state index contributed by atoms with van der Waals surface area (Å²) in [6, 6.07) is 17.9. The van der Waals surface area contributed by atoms with Gasteiger partial charge in [-0.05, 0) is 49.0 Å². The van der Waals surface area contributed by atoms with E-state index in [2.05, 4.69) is 27.1 Å². The molecule has 4 rings (SSSR count). The highest BCUT2D eigenvalue weighted by Crippen LogP contribution is 2.33. The number of hydrogen-bond donors (Lipinski definition) is 3. The number of hydrogen-bond acceptors (Lipinski definition) is 7. The number of esters is 1. The number of hydrazone groups is 1. The SMILES string of the molecule is C#CCOc1ccc2ccccc2c1C=NNC(=O)COc1ccccc1[C@H]1NC(=S)NC(C)=C1C(=O)OCC. The van der Waals surface area contributed by atoms with Gasteiger partial charge in [0.2, 0.25) is 0 Å². The molecule has 1 aliphatic heterocycles.